The van der Waals surface area contributed by atoms with Crippen LogP contribution in [0.15, 0.2) is 0 Å². The summed E-state index contributed by atoms with van der Waals surface area (Å²) >= 11 is 0. The predicted molar refractivity (Wildman–Crippen MR) is 213 cm³/mol. The highest BCUT2D eigenvalue weighted by Gasteiger charge is 2.40. The van der Waals surface area contributed by atoms with E-state index in [1.807, 2.05) is 0 Å². The molecular weight excluding hydrogens is 664 g/mol. The summed E-state index contributed by atoms with van der Waals surface area (Å²) in [5.41, 5.74) is 14.4. The fourth-order valence-corrected chi connectivity index (χ4v) is 5.27. The van der Waals surface area contributed by atoms with Crippen molar-refractivity contribution in [2.45, 2.75) is 95.5 Å². The molecule has 0 aromatic heterocycles. The molecule has 0 fully saturated rings. The van der Waals surface area contributed by atoms with E-state index < -0.39 is 36.2 Å². The van der Waals surface area contributed by atoms with Crippen LogP contribution < -0.4 is 65.1 Å². The molecular formula is C36H80N12O4. The molecule has 3 amide bonds. The third kappa shape index (κ3) is 33.8. The summed E-state index contributed by atoms with van der Waals surface area (Å²) in [6.07, 6.45) is 10.4. The van der Waals surface area contributed by atoms with Crippen molar-refractivity contribution in [3.63, 3.8) is 0 Å². The Morgan fingerprint density at radius 1 is 0.365 bits per heavy atom. The summed E-state index contributed by atoms with van der Waals surface area (Å²) in [7, 11) is 0. The fraction of sp³-hybridized carbons (Fsp3) is 0.917. The third-order valence-electron chi connectivity index (χ3n) is 8.39. The predicted octanol–water partition coefficient (Wildman–Crippen LogP) is -2.06. The van der Waals surface area contributed by atoms with Gasteiger partial charge in [0.1, 0.15) is 0 Å². The lowest BCUT2D eigenvalue weighted by Crippen LogP contribution is -2.52. The number of rotatable bonds is 41. The van der Waals surface area contributed by atoms with E-state index in [1.54, 1.807) is 0 Å². The molecule has 0 aliphatic carbocycles. The minimum atomic E-state index is -2.15. The van der Waals surface area contributed by atoms with Crippen LogP contribution in [-0.2, 0) is 14.4 Å². The molecule has 16 heteroatoms. The molecule has 0 heterocycles. The van der Waals surface area contributed by atoms with Crippen LogP contribution in [0.3, 0.4) is 0 Å². The van der Waals surface area contributed by atoms with Crippen LogP contribution in [-0.4, -0.2) is 146 Å². The lowest BCUT2D eigenvalue weighted by molar-refractivity contribution is -0.149. The molecule has 0 rings (SSSR count). The molecule has 0 atom stereocenters. The number of aliphatic hydroxyl groups is 1. The molecule has 0 aromatic carbocycles. The second-order valence-electron chi connectivity index (χ2n) is 13.4. The molecule has 308 valence electrons. The number of amides is 3. The molecule has 0 bridgehead atoms. The van der Waals surface area contributed by atoms with Gasteiger partial charge in [0.2, 0.25) is 11.8 Å². The largest absolute Gasteiger partial charge is 0.379 e. The maximum atomic E-state index is 13.2. The van der Waals surface area contributed by atoms with E-state index in [0.29, 0.717) is 65.1 Å². The van der Waals surface area contributed by atoms with Crippen LogP contribution in [0.25, 0.3) is 0 Å². The first-order chi connectivity index (χ1) is 25.4. The average molecular weight is 745 g/mol. The summed E-state index contributed by atoms with van der Waals surface area (Å²) in [5, 5.41) is 39.9. The highest BCUT2D eigenvalue weighted by atomic mass is 16.3. The first kappa shape index (κ1) is 50.0. The van der Waals surface area contributed by atoms with Crippen molar-refractivity contribution >= 4 is 17.7 Å². The maximum absolute atomic E-state index is 13.2. The van der Waals surface area contributed by atoms with E-state index in [1.165, 1.54) is 0 Å². The van der Waals surface area contributed by atoms with Crippen LogP contribution in [0.2, 0.25) is 0 Å². The van der Waals surface area contributed by atoms with Crippen molar-refractivity contribution in [3.05, 3.63) is 0 Å². The Morgan fingerprint density at radius 2 is 0.615 bits per heavy atom. The molecule has 16 N–H and O–H groups in total. The van der Waals surface area contributed by atoms with Crippen LogP contribution in [0.5, 0.6) is 0 Å². The van der Waals surface area contributed by atoms with Gasteiger partial charge in [0.05, 0.1) is 12.8 Å². The number of hydrogen-bond donors (Lipinski definition) is 13. The summed E-state index contributed by atoms with van der Waals surface area (Å²) in [6.45, 7) is 13.9. The molecule has 0 saturated carbocycles. The van der Waals surface area contributed by atoms with Crippen molar-refractivity contribution in [1.29, 1.82) is 0 Å². The van der Waals surface area contributed by atoms with Gasteiger partial charge >= 0.3 is 0 Å². The monoisotopic (exact) mass is 745 g/mol. The lowest BCUT2D eigenvalue weighted by atomic mass is 9.93. The molecule has 0 aliphatic heterocycles. The van der Waals surface area contributed by atoms with Gasteiger partial charge in [-0.3, -0.25) is 14.4 Å². The second-order valence-corrected chi connectivity index (χ2v) is 13.4. The van der Waals surface area contributed by atoms with Crippen molar-refractivity contribution in [3.8, 4) is 0 Å². The zero-order valence-corrected chi connectivity index (χ0v) is 32.5. The zero-order valence-electron chi connectivity index (χ0n) is 32.5. The van der Waals surface area contributed by atoms with Gasteiger partial charge in [0.15, 0.2) is 5.60 Å². The number of unbranched alkanes of at least 4 members (excludes halogenated alkanes) is 3. The van der Waals surface area contributed by atoms with Crippen molar-refractivity contribution in [2.75, 3.05) is 118 Å². The normalized spacial score (nSPS) is 11.5. The van der Waals surface area contributed by atoms with Crippen LogP contribution in [0.1, 0.15) is 89.9 Å². The van der Waals surface area contributed by atoms with E-state index >= 15 is 0 Å². The Hall–Kier alpha value is -1.99. The zero-order chi connectivity index (χ0) is 38.2. The van der Waals surface area contributed by atoms with Gasteiger partial charge < -0.3 is 70.2 Å². The summed E-state index contributed by atoms with van der Waals surface area (Å²) in [4.78, 5) is 38.8. The van der Waals surface area contributed by atoms with Gasteiger partial charge in [-0.25, -0.2) is 0 Å². The van der Waals surface area contributed by atoms with Gasteiger partial charge in [-0.05, 0) is 175 Å². The van der Waals surface area contributed by atoms with E-state index in [4.69, 9.17) is 17.2 Å². The molecule has 16 nitrogen and oxygen atoms in total. The second kappa shape index (κ2) is 38.7. The van der Waals surface area contributed by atoms with Gasteiger partial charge in [0, 0.05) is 19.6 Å². The molecule has 0 radical (unpaired) electrons. The topological polar surface area (TPSA) is 258 Å². The number of hydrogen-bond acceptors (Lipinski definition) is 13. The van der Waals surface area contributed by atoms with E-state index in [9.17, 15) is 19.5 Å². The number of carbonyl (C=O) groups excluding carboxylic acids is 3. The van der Waals surface area contributed by atoms with Gasteiger partial charge in [0.25, 0.3) is 5.91 Å². The minimum absolute atomic E-state index is 0.322. The average Bonchev–Trinajstić information content (AvgIpc) is 3.12. The Morgan fingerprint density at radius 3 is 0.904 bits per heavy atom. The van der Waals surface area contributed by atoms with Crippen molar-refractivity contribution in [2.24, 2.45) is 17.2 Å². The highest BCUT2D eigenvalue weighted by Crippen LogP contribution is 2.16. The minimum Gasteiger partial charge on any atom is -0.379 e. The van der Waals surface area contributed by atoms with Crippen molar-refractivity contribution in [1.82, 2.24) is 47.9 Å². The molecule has 52 heavy (non-hydrogen) atoms. The van der Waals surface area contributed by atoms with E-state index in [-0.39, 0.29) is 0 Å². The standard InChI is InChI=1S/C36H80N12O4/c37-13-7-22-40-16-1-4-19-43-25-10-28-46-33(49)31-36(52,35(51)48-30-12-27-45-21-6-3-18-42-24-9-15-39)32-34(50)47-29-11-26-44-20-5-2-17-41-23-8-14-38/h40-45,52H,1-32,37-39H2,(H,46,49)(H,47,50)(H,48,51). The van der Waals surface area contributed by atoms with E-state index in [0.717, 1.165) is 130 Å². The van der Waals surface area contributed by atoms with Gasteiger partial charge in [-0.1, -0.05) is 0 Å². The van der Waals surface area contributed by atoms with Crippen LogP contribution in [0.4, 0.5) is 0 Å². The number of carbonyl (C=O) groups is 3. The Balaban J connectivity index is 4.51. The van der Waals surface area contributed by atoms with Crippen LogP contribution >= 0.6 is 0 Å². The Kier molecular flexibility index (Phi) is 37.2. The Bertz CT molecular complexity index is 786. The van der Waals surface area contributed by atoms with Gasteiger partial charge in [-0.2, -0.15) is 0 Å². The van der Waals surface area contributed by atoms with E-state index in [2.05, 4.69) is 47.9 Å². The summed E-state index contributed by atoms with van der Waals surface area (Å²) in [5.74, 6) is -1.64. The number of nitrogens with one attached hydrogen (secondary N) is 9. The smallest absolute Gasteiger partial charge is 0.253 e. The maximum Gasteiger partial charge on any atom is 0.253 e. The molecule has 0 saturated heterocycles. The Labute approximate surface area is 315 Å². The molecule has 0 aliphatic rings. The number of nitrogens with two attached hydrogens (primary N) is 3. The lowest BCUT2D eigenvalue weighted by Gasteiger charge is -2.26. The third-order valence-corrected chi connectivity index (χ3v) is 8.39. The first-order valence-electron chi connectivity index (χ1n) is 20.3. The SMILES string of the molecule is NCCCNCCCCNCCCNC(=O)CC(O)(CC(=O)NCCCNCCCCNCCCN)C(=O)NCCCNCCCCNCCCN. The molecule has 0 unspecified atom stereocenters. The van der Waals surface area contributed by atoms with Crippen LogP contribution in [0, 0.1) is 0 Å². The summed E-state index contributed by atoms with van der Waals surface area (Å²) < 4.78 is 0. The highest BCUT2D eigenvalue weighted by molar-refractivity contribution is 5.95. The van der Waals surface area contributed by atoms with Crippen molar-refractivity contribution < 1.29 is 19.5 Å². The fourth-order valence-electron chi connectivity index (χ4n) is 5.27. The van der Waals surface area contributed by atoms with Gasteiger partial charge in [-0.15, -0.1) is 0 Å². The molecule has 0 aromatic rings. The first-order valence-corrected chi connectivity index (χ1v) is 20.3. The molecule has 0 spiro atoms. The quantitative estimate of drug-likeness (QED) is 0.0301. The summed E-state index contributed by atoms with van der Waals surface area (Å²) in [6, 6.07) is 0.